The minimum absolute atomic E-state index is 0. The SMILES string of the molecule is [C-]#N.[C-]#N.[Fe].[Ni+2]. The first-order valence-corrected chi connectivity index (χ1v) is 0.447. The molecule has 0 amide bonds. The predicted octanol–water partition coefficient (Wildman–Crippen LogP) is 0.188. The zero-order valence-corrected chi connectivity index (χ0v) is 4.66. The fourth-order valence-corrected chi connectivity index (χ4v) is 0. The molecule has 0 fully saturated rings. The van der Waals surface area contributed by atoms with Gasteiger partial charge in [0, 0.05) is 17.1 Å². The van der Waals surface area contributed by atoms with Crippen molar-refractivity contribution >= 4 is 0 Å². The Labute approximate surface area is 57.5 Å². The summed E-state index contributed by atoms with van der Waals surface area (Å²) in [5, 5.41) is 12.5. The zero-order chi connectivity index (χ0) is 4.00. The maximum Gasteiger partial charge on any atom is 2.00 e. The summed E-state index contributed by atoms with van der Waals surface area (Å²) in [6, 6.07) is 0. The molecule has 2 nitrogen and oxygen atoms in total. The van der Waals surface area contributed by atoms with E-state index in [1.54, 1.807) is 0 Å². The van der Waals surface area contributed by atoms with Gasteiger partial charge in [0.2, 0.25) is 0 Å². The maximum absolute atomic E-state index is 6.25. The van der Waals surface area contributed by atoms with E-state index >= 15 is 0 Å². The monoisotopic (exact) mass is 166 g/mol. The van der Waals surface area contributed by atoms with Gasteiger partial charge in [-0.1, -0.05) is 0 Å². The van der Waals surface area contributed by atoms with Crippen molar-refractivity contribution in [3.05, 3.63) is 13.1 Å². The summed E-state index contributed by atoms with van der Waals surface area (Å²) < 4.78 is 0. The smallest absolute Gasteiger partial charge is 0.512 e. The molecule has 0 aliphatic heterocycles. The molecule has 0 rings (SSSR count). The van der Waals surface area contributed by atoms with Crippen LogP contribution in [0, 0.1) is 23.7 Å². The van der Waals surface area contributed by atoms with Crippen molar-refractivity contribution < 1.29 is 33.6 Å². The molecule has 0 aromatic rings. The Morgan fingerprint density at radius 3 is 0.833 bits per heavy atom. The summed E-state index contributed by atoms with van der Waals surface area (Å²) in [5.74, 6) is 0. The topological polar surface area (TPSA) is 47.6 Å². The van der Waals surface area contributed by atoms with Crippen molar-refractivity contribution in [3.8, 4) is 0 Å². The first-order chi connectivity index (χ1) is 2.00. The average Bonchev–Trinajstić information content (AvgIpc) is 1.50. The molecule has 0 aromatic heterocycles. The van der Waals surface area contributed by atoms with Crippen LogP contribution in [0.15, 0.2) is 0 Å². The molecule has 0 aliphatic rings. The molecular weight excluding hydrogens is 167 g/mol. The van der Waals surface area contributed by atoms with E-state index in [1.807, 2.05) is 0 Å². The fourth-order valence-electron chi connectivity index (χ4n) is 0. The summed E-state index contributed by atoms with van der Waals surface area (Å²) in [6.07, 6.45) is 0. The second-order valence-corrected chi connectivity index (χ2v) is 0. The zero-order valence-electron chi connectivity index (χ0n) is 2.56. The van der Waals surface area contributed by atoms with E-state index in [9.17, 15) is 0 Å². The Balaban J connectivity index is -0.00000000500. The van der Waals surface area contributed by atoms with Gasteiger partial charge in [-0.3, -0.25) is 0 Å². The van der Waals surface area contributed by atoms with E-state index in [0.29, 0.717) is 0 Å². The van der Waals surface area contributed by atoms with Gasteiger partial charge in [0.25, 0.3) is 0 Å². The van der Waals surface area contributed by atoms with Crippen LogP contribution in [0.3, 0.4) is 0 Å². The molecule has 4 heteroatoms. The van der Waals surface area contributed by atoms with Gasteiger partial charge < -0.3 is 23.7 Å². The quantitative estimate of drug-likeness (QED) is 0.381. The molecule has 0 saturated heterocycles. The number of hydrogen-bond donors (Lipinski definition) is 0. The van der Waals surface area contributed by atoms with E-state index in [0.717, 1.165) is 0 Å². The average molecular weight is 167 g/mol. The molecule has 0 heterocycles. The Bertz CT molecular complexity index is 27.0. The van der Waals surface area contributed by atoms with E-state index < -0.39 is 0 Å². The Morgan fingerprint density at radius 2 is 0.833 bits per heavy atom. The number of nitrogens with zero attached hydrogens (tertiary/aromatic N) is 2. The molecule has 0 aliphatic carbocycles. The van der Waals surface area contributed by atoms with Gasteiger partial charge in [0.15, 0.2) is 0 Å². The van der Waals surface area contributed by atoms with Crippen molar-refractivity contribution in [1.29, 1.82) is 10.5 Å². The van der Waals surface area contributed by atoms with Gasteiger partial charge in [-0.25, -0.2) is 0 Å². The van der Waals surface area contributed by atoms with E-state index in [4.69, 9.17) is 23.7 Å². The standard InChI is InChI=1S/2CN.Fe.Ni/c2*1-2;;/q2*-1;;+2. The van der Waals surface area contributed by atoms with Crippen molar-refractivity contribution in [2.45, 2.75) is 0 Å². The van der Waals surface area contributed by atoms with Crippen LogP contribution in [0.25, 0.3) is 0 Å². The summed E-state index contributed by atoms with van der Waals surface area (Å²) in [4.78, 5) is 0. The molecule has 0 atom stereocenters. The van der Waals surface area contributed by atoms with Crippen LogP contribution in [-0.2, 0) is 33.6 Å². The number of hydrogen-bond acceptors (Lipinski definition) is 2. The van der Waals surface area contributed by atoms with Gasteiger partial charge in [-0.15, -0.1) is 0 Å². The number of rotatable bonds is 0. The van der Waals surface area contributed by atoms with Gasteiger partial charge >= 0.3 is 16.5 Å². The van der Waals surface area contributed by atoms with E-state index in [1.165, 1.54) is 0 Å². The summed E-state index contributed by atoms with van der Waals surface area (Å²) in [5.41, 5.74) is 0. The van der Waals surface area contributed by atoms with Gasteiger partial charge in [0.1, 0.15) is 0 Å². The van der Waals surface area contributed by atoms with Crippen LogP contribution in [0.2, 0.25) is 0 Å². The van der Waals surface area contributed by atoms with Gasteiger partial charge in [0.05, 0.1) is 0 Å². The maximum atomic E-state index is 6.25. The third-order valence-corrected chi connectivity index (χ3v) is 0. The first kappa shape index (κ1) is 37.6. The largest absolute Gasteiger partial charge is 2.00 e. The van der Waals surface area contributed by atoms with Crippen molar-refractivity contribution in [3.63, 3.8) is 0 Å². The molecule has 0 unspecified atom stereocenters. The molecule has 0 bridgehead atoms. The van der Waals surface area contributed by atoms with E-state index in [2.05, 4.69) is 0 Å². The van der Waals surface area contributed by atoms with Crippen LogP contribution in [0.4, 0.5) is 0 Å². The van der Waals surface area contributed by atoms with Crippen LogP contribution < -0.4 is 0 Å². The normalized spacial score (nSPS) is 0.667. The minimum atomic E-state index is 0. The molecule has 0 saturated carbocycles. The van der Waals surface area contributed by atoms with Gasteiger partial charge in [-0.2, -0.15) is 0 Å². The van der Waals surface area contributed by atoms with Crippen molar-refractivity contribution in [1.82, 2.24) is 0 Å². The minimum Gasteiger partial charge on any atom is -0.512 e. The Kier molecular flexibility index (Phi) is 10100000. The van der Waals surface area contributed by atoms with Crippen LogP contribution in [0.1, 0.15) is 0 Å². The molecule has 0 N–H and O–H groups in total. The van der Waals surface area contributed by atoms with Crippen LogP contribution >= 0.6 is 0 Å². The van der Waals surface area contributed by atoms with Crippen molar-refractivity contribution in [2.24, 2.45) is 0 Å². The third kappa shape index (κ3) is 727000. The van der Waals surface area contributed by atoms with Crippen molar-refractivity contribution in [2.75, 3.05) is 0 Å². The molecule has 0 aromatic carbocycles. The molecule has 6 heavy (non-hydrogen) atoms. The summed E-state index contributed by atoms with van der Waals surface area (Å²) in [6.45, 7) is 9.50. The van der Waals surface area contributed by atoms with Gasteiger partial charge in [-0.05, 0) is 0 Å². The molecule has 0 radical (unpaired) electrons. The second-order valence-electron chi connectivity index (χ2n) is 0. The first-order valence-electron chi connectivity index (χ1n) is 0.447. The fraction of sp³-hybridized carbons (Fsp3) is 0. The Hall–Kier alpha value is -0.00701. The second kappa shape index (κ2) is 1620000. The Morgan fingerprint density at radius 1 is 0.833 bits per heavy atom. The summed E-state index contributed by atoms with van der Waals surface area (Å²) >= 11 is 0. The third-order valence-electron chi connectivity index (χ3n) is 0. The molecule has 0 spiro atoms. The predicted molar refractivity (Wildman–Crippen MR) is 9.94 cm³/mol. The molecule has 36 valence electrons. The van der Waals surface area contributed by atoms with Crippen LogP contribution in [0.5, 0.6) is 0 Å². The van der Waals surface area contributed by atoms with E-state index in [-0.39, 0.29) is 33.6 Å². The van der Waals surface area contributed by atoms with Crippen LogP contribution in [-0.4, -0.2) is 0 Å². The summed E-state index contributed by atoms with van der Waals surface area (Å²) in [7, 11) is 0. The molecular formula is C2FeN2Ni.